The van der Waals surface area contributed by atoms with E-state index in [4.69, 9.17) is 14.8 Å². The van der Waals surface area contributed by atoms with Crippen LogP contribution >= 0.6 is 16.1 Å². The molecule has 2 aromatic carbocycles. The van der Waals surface area contributed by atoms with Gasteiger partial charge in [-0.1, -0.05) is 16.7 Å². The molecule has 0 amide bonds. The number of nitrogens with zero attached hydrogens (tertiary/aromatic N) is 5. The van der Waals surface area contributed by atoms with Crippen molar-refractivity contribution in [2.75, 3.05) is 43.7 Å². The minimum Gasteiger partial charge on any atom is -0.508 e. The molecule has 206 valence electrons. The number of fused-ring (bicyclic) bond motifs is 1. The fourth-order valence-corrected chi connectivity index (χ4v) is 5.28. The van der Waals surface area contributed by atoms with E-state index in [0.29, 0.717) is 48.1 Å². The number of hydrogen-bond donors (Lipinski definition) is 4. The molecule has 0 spiro atoms. The van der Waals surface area contributed by atoms with Crippen molar-refractivity contribution in [3.05, 3.63) is 60.4 Å². The van der Waals surface area contributed by atoms with Gasteiger partial charge in [0.1, 0.15) is 11.5 Å². The van der Waals surface area contributed by atoms with E-state index in [0.717, 1.165) is 12.1 Å². The van der Waals surface area contributed by atoms with Crippen LogP contribution in [0.5, 0.6) is 11.5 Å². The van der Waals surface area contributed by atoms with Crippen molar-refractivity contribution in [3.8, 4) is 11.5 Å². The van der Waals surface area contributed by atoms with Crippen LogP contribution in [0.2, 0.25) is 0 Å². The molecular weight excluding hydrogens is 544 g/mol. The first kappa shape index (κ1) is 28.4. The van der Waals surface area contributed by atoms with Crippen LogP contribution in [0, 0.1) is 0 Å². The SMILES string of the molecule is CN(C)CCNc1nc(Nc2ccc(OP(=O)(C[PH+]=O)OO)cc2)c2ncn(CCc3cccc(O)c3)c2n1. The van der Waals surface area contributed by atoms with E-state index in [2.05, 4.69) is 25.3 Å². The number of aromatic hydroxyl groups is 1. The van der Waals surface area contributed by atoms with Crippen molar-refractivity contribution in [1.29, 1.82) is 0 Å². The van der Waals surface area contributed by atoms with E-state index < -0.39 is 22.0 Å². The van der Waals surface area contributed by atoms with Crippen LogP contribution < -0.4 is 15.2 Å². The van der Waals surface area contributed by atoms with Gasteiger partial charge in [0.05, 0.1) is 6.33 Å². The summed E-state index contributed by atoms with van der Waals surface area (Å²) in [7, 11) is -0.903. The lowest BCUT2D eigenvalue weighted by Gasteiger charge is -2.14. The zero-order chi connectivity index (χ0) is 27.8. The molecule has 0 aliphatic heterocycles. The maximum absolute atomic E-state index is 12.2. The first-order valence-electron chi connectivity index (χ1n) is 12.0. The summed E-state index contributed by atoms with van der Waals surface area (Å²) in [6, 6.07) is 13.5. The molecule has 4 N–H and O–H groups in total. The van der Waals surface area contributed by atoms with Crippen molar-refractivity contribution < 1.29 is 28.7 Å². The summed E-state index contributed by atoms with van der Waals surface area (Å²) in [6.07, 6.45) is 2.38. The number of imidazole rings is 1. The Kier molecular flexibility index (Phi) is 9.45. The first-order valence-corrected chi connectivity index (χ1v) is 14.9. The Morgan fingerprint density at radius 3 is 2.64 bits per heavy atom. The van der Waals surface area contributed by atoms with Crippen LogP contribution in [-0.4, -0.2) is 67.9 Å². The highest BCUT2D eigenvalue weighted by molar-refractivity contribution is 7.62. The highest BCUT2D eigenvalue weighted by atomic mass is 31.2. The van der Waals surface area contributed by atoms with E-state index in [9.17, 15) is 14.2 Å². The zero-order valence-electron chi connectivity index (χ0n) is 21.4. The van der Waals surface area contributed by atoms with E-state index in [1.165, 1.54) is 12.1 Å². The van der Waals surface area contributed by atoms with Crippen LogP contribution in [-0.2, 0) is 26.8 Å². The Morgan fingerprint density at radius 2 is 1.95 bits per heavy atom. The van der Waals surface area contributed by atoms with Gasteiger partial charge in [-0.15, -0.1) is 4.67 Å². The van der Waals surface area contributed by atoms with Gasteiger partial charge in [0.2, 0.25) is 5.95 Å². The van der Waals surface area contributed by atoms with Crippen molar-refractivity contribution in [2.45, 2.75) is 13.0 Å². The molecule has 2 unspecified atom stereocenters. The van der Waals surface area contributed by atoms with Gasteiger partial charge in [-0.05, 0) is 62.5 Å². The predicted octanol–water partition coefficient (Wildman–Crippen LogP) is 4.53. The molecule has 0 bridgehead atoms. The number of likely N-dealkylation sites (N-methyl/N-ethyl adjacent to an activating group) is 1. The minimum atomic E-state index is -3.91. The van der Waals surface area contributed by atoms with E-state index in [-0.39, 0.29) is 11.5 Å². The molecule has 2 atom stereocenters. The number of anilines is 3. The number of phenolic OH excluding ortho intramolecular Hbond substituents is 1. The Morgan fingerprint density at radius 1 is 1.15 bits per heavy atom. The lowest BCUT2D eigenvalue weighted by molar-refractivity contribution is -0.143. The van der Waals surface area contributed by atoms with Gasteiger partial charge < -0.3 is 29.7 Å². The van der Waals surface area contributed by atoms with Gasteiger partial charge in [0.25, 0.3) is 5.90 Å². The number of nitrogens with one attached hydrogen (secondary N) is 2. The number of phenols is 1. The lowest BCUT2D eigenvalue weighted by Crippen LogP contribution is -2.21. The van der Waals surface area contributed by atoms with Crippen molar-refractivity contribution in [3.63, 3.8) is 0 Å². The predicted molar refractivity (Wildman–Crippen MR) is 150 cm³/mol. The minimum absolute atomic E-state index is 0.172. The normalized spacial score (nSPS) is 13.0. The average molecular weight is 574 g/mol. The molecule has 2 heterocycles. The van der Waals surface area contributed by atoms with Gasteiger partial charge in [-0.2, -0.15) is 9.97 Å². The van der Waals surface area contributed by atoms with Crippen molar-refractivity contribution in [1.82, 2.24) is 24.4 Å². The van der Waals surface area contributed by atoms with Crippen LogP contribution in [0.4, 0.5) is 17.5 Å². The van der Waals surface area contributed by atoms with Gasteiger partial charge in [0.15, 0.2) is 17.0 Å². The third kappa shape index (κ3) is 7.72. The Labute approximate surface area is 226 Å². The number of aryl methyl sites for hydroxylation is 2. The van der Waals surface area contributed by atoms with Crippen molar-refractivity contribution >= 4 is 44.7 Å². The lowest BCUT2D eigenvalue weighted by atomic mass is 10.1. The number of benzene rings is 2. The fourth-order valence-electron chi connectivity index (χ4n) is 3.68. The topological polar surface area (TPSA) is 164 Å². The fraction of sp³-hybridized carbons (Fsp3) is 0.292. The molecule has 0 saturated carbocycles. The Bertz CT molecular complexity index is 1470. The second-order valence-electron chi connectivity index (χ2n) is 8.89. The highest BCUT2D eigenvalue weighted by Gasteiger charge is 2.31. The van der Waals surface area contributed by atoms with E-state index >= 15 is 0 Å². The van der Waals surface area contributed by atoms with Crippen LogP contribution in [0.25, 0.3) is 11.2 Å². The van der Waals surface area contributed by atoms with Gasteiger partial charge >= 0.3 is 16.1 Å². The van der Waals surface area contributed by atoms with E-state index in [1.54, 1.807) is 30.6 Å². The van der Waals surface area contributed by atoms with Crippen molar-refractivity contribution in [2.24, 2.45) is 0 Å². The quantitative estimate of drug-likeness (QED) is 0.0946. The summed E-state index contributed by atoms with van der Waals surface area (Å²) in [5.41, 5.74) is 2.84. The molecular formula is C24H30N7O6P2+. The third-order valence-corrected chi connectivity index (χ3v) is 8.41. The molecule has 2 aromatic heterocycles. The maximum atomic E-state index is 12.2. The number of aromatic nitrogens is 4. The summed E-state index contributed by atoms with van der Waals surface area (Å²) < 4.78 is 34.2. The van der Waals surface area contributed by atoms with Gasteiger partial charge in [-0.25, -0.2) is 14.8 Å². The standard InChI is InChI=1S/C24H29N7O6P2/c1-30(2)13-11-25-24-28-22(27-18-6-8-20(9-7-18)36-39(35,37-33)16-38-34)21-23(29-24)31(15-26-21)12-10-17-4-3-5-19(32)14-17/h3-9,14-15,32-33H,10-13,16H2,1-2H3,(H2,25,27,28,29)/p+1. The smallest absolute Gasteiger partial charge is 0.453 e. The second kappa shape index (κ2) is 13.0. The Hall–Kier alpha value is -3.60. The van der Waals surface area contributed by atoms with Crippen LogP contribution in [0.3, 0.4) is 0 Å². The number of rotatable bonds is 14. The second-order valence-corrected chi connectivity index (χ2v) is 12.0. The summed E-state index contributed by atoms with van der Waals surface area (Å²) in [4.78, 5) is 15.9. The molecule has 4 aromatic rings. The molecule has 0 aliphatic carbocycles. The van der Waals surface area contributed by atoms with Crippen LogP contribution in [0.1, 0.15) is 5.56 Å². The highest BCUT2D eigenvalue weighted by Crippen LogP contribution is 2.49. The zero-order valence-corrected chi connectivity index (χ0v) is 23.3. The molecule has 0 fully saturated rings. The summed E-state index contributed by atoms with van der Waals surface area (Å²) in [5.74, 6) is 0.879. The van der Waals surface area contributed by atoms with Gasteiger partial charge in [0, 0.05) is 25.3 Å². The molecule has 4 rings (SSSR count). The summed E-state index contributed by atoms with van der Waals surface area (Å²) in [6.45, 7) is 2.02. The summed E-state index contributed by atoms with van der Waals surface area (Å²) in [5, 5.41) is 25.2. The largest absolute Gasteiger partial charge is 0.508 e. The maximum Gasteiger partial charge on any atom is 0.453 e. The molecule has 0 aliphatic rings. The molecule has 13 nitrogen and oxygen atoms in total. The van der Waals surface area contributed by atoms with E-state index in [1.807, 2.05) is 35.7 Å². The number of hydrogen-bond acceptors (Lipinski definition) is 12. The van der Waals surface area contributed by atoms with Crippen LogP contribution in [0.15, 0.2) is 54.9 Å². The average Bonchev–Trinajstić information content (AvgIpc) is 3.32. The molecule has 0 saturated heterocycles. The third-order valence-electron chi connectivity index (χ3n) is 5.60. The monoisotopic (exact) mass is 574 g/mol. The first-order chi connectivity index (χ1) is 18.8. The Balaban J connectivity index is 1.58. The molecule has 0 radical (unpaired) electrons. The van der Waals surface area contributed by atoms with Gasteiger partial charge in [-0.3, -0.25) is 0 Å². The summed E-state index contributed by atoms with van der Waals surface area (Å²) >= 11 is 0. The molecule has 15 heteroatoms. The molecule has 39 heavy (non-hydrogen) atoms.